The largest absolute Gasteiger partial charge is 0.491 e. The maximum Gasteiger partial charge on any atom is 0.338 e. The van der Waals surface area contributed by atoms with Crippen molar-refractivity contribution < 1.29 is 38.4 Å². The molecule has 0 aliphatic heterocycles. The molecule has 1 N–H and O–H groups in total. The first-order chi connectivity index (χ1) is 31.6. The molecule has 0 spiro atoms. The van der Waals surface area contributed by atoms with Crippen LogP contribution in [0.5, 0.6) is 11.5 Å². The molecule has 2 aromatic heterocycles. The van der Waals surface area contributed by atoms with Crippen LogP contribution in [0.3, 0.4) is 0 Å². The number of nitrogens with zero attached hydrogens (tertiary/aromatic N) is 2. The van der Waals surface area contributed by atoms with E-state index in [9.17, 15) is 14.7 Å². The number of aromatic carboxylic acids is 1. The summed E-state index contributed by atoms with van der Waals surface area (Å²) < 4.78 is 30.9. The number of aromatic nitrogens is 2. The number of rotatable bonds is 18. The zero-order valence-electron chi connectivity index (χ0n) is 36.5. The monoisotopic (exact) mass is 912 g/mol. The summed E-state index contributed by atoms with van der Waals surface area (Å²) in [5.74, 6) is 0.319. The lowest BCUT2D eigenvalue weighted by molar-refractivity contribution is 0.0598. The van der Waals surface area contributed by atoms with Crippen LogP contribution in [0.1, 0.15) is 54.1 Å². The van der Waals surface area contributed by atoms with Crippen molar-refractivity contribution in [1.29, 1.82) is 0 Å². The fraction of sp³-hybridized carbons (Fsp3) is 0.208. The number of halogens is 2. The van der Waals surface area contributed by atoms with Gasteiger partial charge in [-0.3, -0.25) is 0 Å². The van der Waals surface area contributed by atoms with Crippen molar-refractivity contribution in [3.63, 3.8) is 0 Å². The van der Waals surface area contributed by atoms with Crippen molar-refractivity contribution in [1.82, 2.24) is 9.13 Å². The second kappa shape index (κ2) is 22.4. The highest BCUT2D eigenvalue weighted by Gasteiger charge is 2.15. The molecule has 0 saturated carbocycles. The van der Waals surface area contributed by atoms with E-state index in [0.29, 0.717) is 54.9 Å². The van der Waals surface area contributed by atoms with E-state index >= 15 is 0 Å². The molecule has 0 aliphatic rings. The molecule has 334 valence electrons. The van der Waals surface area contributed by atoms with Crippen molar-refractivity contribution in [2.45, 2.75) is 25.9 Å². The van der Waals surface area contributed by atoms with Gasteiger partial charge in [-0.25, -0.2) is 9.59 Å². The molecule has 0 fully saturated rings. The van der Waals surface area contributed by atoms with Gasteiger partial charge in [0.1, 0.15) is 24.7 Å². The van der Waals surface area contributed by atoms with Crippen LogP contribution < -0.4 is 9.47 Å². The molecule has 8 rings (SSSR count). The summed E-state index contributed by atoms with van der Waals surface area (Å²) in [4.78, 5) is 23.7. The highest BCUT2D eigenvalue weighted by Crippen LogP contribution is 2.27. The number of benzene rings is 6. The molecule has 0 radical (unpaired) electrons. The molecule has 6 aromatic carbocycles. The molecule has 12 heteroatoms. The summed E-state index contributed by atoms with van der Waals surface area (Å²) in [7, 11) is 4.70. The third-order valence-corrected chi connectivity index (χ3v) is 11.3. The smallest absolute Gasteiger partial charge is 0.338 e. The Hall–Kier alpha value is -6.56. The van der Waals surface area contributed by atoms with Crippen molar-refractivity contribution in [2.75, 3.05) is 47.8 Å². The molecule has 10 nitrogen and oxygen atoms in total. The molecule has 0 atom stereocenters. The van der Waals surface area contributed by atoms with Crippen molar-refractivity contribution >= 4 is 56.9 Å². The number of carboxylic acids is 1. The second-order valence-corrected chi connectivity index (χ2v) is 16.3. The lowest BCUT2D eigenvalue weighted by Crippen LogP contribution is -2.06. The summed E-state index contributed by atoms with van der Waals surface area (Å²) in [5, 5.41) is 12.7. The van der Waals surface area contributed by atoms with Crippen molar-refractivity contribution in [3.8, 4) is 11.5 Å². The van der Waals surface area contributed by atoms with Crippen LogP contribution in [-0.4, -0.2) is 73.9 Å². The molecule has 2 heterocycles. The molecule has 65 heavy (non-hydrogen) atoms. The molecule has 0 aliphatic carbocycles. The minimum absolute atomic E-state index is 0.239. The van der Waals surface area contributed by atoms with Crippen LogP contribution in [0.25, 0.3) is 21.8 Å². The van der Waals surface area contributed by atoms with Gasteiger partial charge in [-0.2, -0.15) is 0 Å². The standard InChI is InChI=1S/C27H26ClNO4.C26H24ClNO4/c1-31-12-13-33-24-5-3-4-20(16-24)18-29-11-10-22-15-19(6-9-26(22)29)14-21-7-8-23(28)17-25(21)27(30)32-2;1-31-11-12-32-23-4-2-3-19(15-23)17-28-10-9-21-14-18(5-8-25(21)28)13-20-6-7-22(27)16-24(20)26(29)30/h3-11,15-17H,12-14,18H2,1-2H3;2-10,14-16H,11-13,17H2,1H3,(H,29,30). The Morgan fingerprint density at radius 2 is 1.00 bits per heavy atom. The summed E-state index contributed by atoms with van der Waals surface area (Å²) in [5.41, 5.74) is 9.10. The highest BCUT2D eigenvalue weighted by atomic mass is 35.5. The van der Waals surface area contributed by atoms with Crippen molar-refractivity contribution in [2.24, 2.45) is 0 Å². The summed E-state index contributed by atoms with van der Waals surface area (Å²) >= 11 is 12.1. The Bertz CT molecular complexity index is 2900. The lowest BCUT2D eigenvalue weighted by atomic mass is 9.99. The maximum absolute atomic E-state index is 12.2. The molecule has 8 aromatic rings. The zero-order valence-corrected chi connectivity index (χ0v) is 38.0. The minimum atomic E-state index is -0.969. The Morgan fingerprint density at radius 1 is 0.523 bits per heavy atom. The summed E-state index contributed by atoms with van der Waals surface area (Å²) in [6, 6.07) is 43.3. The van der Waals surface area contributed by atoms with Crippen LogP contribution >= 0.6 is 23.2 Å². The van der Waals surface area contributed by atoms with E-state index in [1.807, 2.05) is 42.5 Å². The topological polar surface area (TPSA) is 110 Å². The van der Waals surface area contributed by atoms with Crippen LogP contribution in [0, 0.1) is 0 Å². The number of carboxylic acid groups (broad SMARTS) is 1. The average Bonchev–Trinajstić information content (AvgIpc) is 3.90. The number of carbonyl (C=O) groups is 2. The highest BCUT2D eigenvalue weighted by molar-refractivity contribution is 6.31. The molecular weight excluding hydrogens is 863 g/mol. The number of hydrogen-bond donors (Lipinski definition) is 1. The van der Waals surface area contributed by atoms with Gasteiger partial charge in [0, 0.05) is 60.8 Å². The Balaban J connectivity index is 0.000000194. The van der Waals surface area contributed by atoms with E-state index < -0.39 is 5.97 Å². The molecule has 0 saturated heterocycles. The number of esters is 1. The van der Waals surface area contributed by atoms with Crippen LogP contribution in [0.4, 0.5) is 0 Å². The minimum Gasteiger partial charge on any atom is -0.491 e. The van der Waals surface area contributed by atoms with Gasteiger partial charge >= 0.3 is 11.9 Å². The maximum atomic E-state index is 12.2. The summed E-state index contributed by atoms with van der Waals surface area (Å²) in [6.45, 7) is 3.64. The SMILES string of the molecule is COCCOc1cccc(Cn2ccc3cc(Cc4ccc(Cl)cc4C(=O)O)ccc32)c1.COCCOc1cccc(Cn2ccc3cc(Cc4ccc(Cl)cc4C(=O)OC)ccc32)c1. The van der Waals surface area contributed by atoms with E-state index in [2.05, 4.69) is 82.2 Å². The number of methoxy groups -OCH3 is 3. The second-order valence-electron chi connectivity index (χ2n) is 15.4. The normalized spacial score (nSPS) is 11.0. The predicted molar refractivity (Wildman–Crippen MR) is 257 cm³/mol. The molecular formula is C53H50Cl2N2O8. The molecule has 0 amide bonds. The Labute approximate surface area is 388 Å². The first-order valence-electron chi connectivity index (χ1n) is 21.1. The number of fused-ring (bicyclic) bond motifs is 2. The average molecular weight is 914 g/mol. The first kappa shape index (κ1) is 46.4. The van der Waals surface area contributed by atoms with Crippen LogP contribution in [0.2, 0.25) is 10.0 Å². The van der Waals surface area contributed by atoms with Gasteiger partial charge in [0.25, 0.3) is 0 Å². The quantitative estimate of drug-likeness (QED) is 0.0669. The lowest BCUT2D eigenvalue weighted by Gasteiger charge is -2.11. The summed E-state index contributed by atoms with van der Waals surface area (Å²) in [6.07, 6.45) is 5.30. The van der Waals surface area contributed by atoms with E-state index in [-0.39, 0.29) is 11.5 Å². The van der Waals surface area contributed by atoms with E-state index in [1.165, 1.54) is 13.2 Å². The zero-order chi connectivity index (χ0) is 45.7. The van der Waals surface area contributed by atoms with Gasteiger partial charge in [-0.15, -0.1) is 0 Å². The predicted octanol–water partition coefficient (Wildman–Crippen LogP) is 11.4. The van der Waals surface area contributed by atoms with Crippen LogP contribution in [0.15, 0.2) is 146 Å². The van der Waals surface area contributed by atoms with Gasteiger partial charge in [0.15, 0.2) is 0 Å². The molecule has 0 unspecified atom stereocenters. The van der Waals surface area contributed by atoms with Gasteiger partial charge in [-0.1, -0.05) is 71.7 Å². The van der Waals surface area contributed by atoms with Gasteiger partial charge in [0.05, 0.1) is 31.5 Å². The first-order valence-corrected chi connectivity index (χ1v) is 21.8. The number of ether oxygens (including phenoxy) is 5. The van der Waals surface area contributed by atoms with Crippen LogP contribution in [-0.2, 0) is 40.1 Å². The van der Waals surface area contributed by atoms with Gasteiger partial charge in [-0.05, 0) is 142 Å². The fourth-order valence-electron chi connectivity index (χ4n) is 7.69. The Morgan fingerprint density at radius 3 is 1.46 bits per heavy atom. The van der Waals surface area contributed by atoms with Gasteiger partial charge in [0.2, 0.25) is 0 Å². The third-order valence-electron chi connectivity index (χ3n) is 10.9. The van der Waals surface area contributed by atoms with E-state index in [4.69, 9.17) is 46.9 Å². The number of hydrogen-bond acceptors (Lipinski definition) is 7. The van der Waals surface area contributed by atoms with Crippen molar-refractivity contribution in [3.05, 3.63) is 200 Å². The third kappa shape index (κ3) is 12.4. The van der Waals surface area contributed by atoms with E-state index in [0.717, 1.165) is 79.8 Å². The number of carbonyl (C=O) groups excluding carboxylic acids is 1. The molecule has 0 bridgehead atoms. The van der Waals surface area contributed by atoms with Gasteiger partial charge < -0.3 is 37.9 Å². The Kier molecular flexibility index (Phi) is 16.0. The van der Waals surface area contributed by atoms with E-state index in [1.54, 1.807) is 38.5 Å². The fourth-order valence-corrected chi connectivity index (χ4v) is 8.03.